The monoisotopic (exact) mass is 334 g/mol. The first-order valence-corrected chi connectivity index (χ1v) is 7.42. The second-order valence-electron chi connectivity index (χ2n) is 5.71. The van der Waals surface area contributed by atoms with E-state index < -0.39 is 11.9 Å². The summed E-state index contributed by atoms with van der Waals surface area (Å²) in [6, 6.07) is 6.15. The van der Waals surface area contributed by atoms with Crippen molar-refractivity contribution in [2.24, 2.45) is 0 Å². The fraction of sp³-hybridized carbons (Fsp3) is 0.250. The Morgan fingerprint density at radius 1 is 1.29 bits per heavy atom. The van der Waals surface area contributed by atoms with Gasteiger partial charge < -0.3 is 10.4 Å². The molecule has 0 aliphatic heterocycles. The number of hydrogen-bond donors (Lipinski definition) is 2. The number of aromatic nitrogens is 3. The van der Waals surface area contributed by atoms with Gasteiger partial charge in [0.15, 0.2) is 11.5 Å². The number of phenolic OH excluding ortho intramolecular Hbond substituents is 1. The van der Waals surface area contributed by atoms with Gasteiger partial charge in [-0.2, -0.15) is 18.3 Å². The van der Waals surface area contributed by atoms with Crippen molar-refractivity contribution in [3.05, 3.63) is 53.5 Å². The van der Waals surface area contributed by atoms with Gasteiger partial charge >= 0.3 is 6.18 Å². The highest BCUT2D eigenvalue weighted by atomic mass is 19.4. The number of halogens is 3. The molecule has 0 spiro atoms. The quantitative estimate of drug-likeness (QED) is 0.752. The molecule has 1 unspecified atom stereocenters. The van der Waals surface area contributed by atoms with E-state index in [-0.39, 0.29) is 17.3 Å². The van der Waals surface area contributed by atoms with Crippen molar-refractivity contribution in [2.75, 3.05) is 5.32 Å². The van der Waals surface area contributed by atoms with Gasteiger partial charge in [-0.3, -0.25) is 0 Å². The maximum absolute atomic E-state index is 12.9. The second-order valence-corrected chi connectivity index (χ2v) is 5.71. The number of alkyl halides is 3. The minimum atomic E-state index is -4.50. The van der Waals surface area contributed by atoms with Crippen LogP contribution in [0.15, 0.2) is 36.7 Å². The Morgan fingerprint density at radius 2 is 2.12 bits per heavy atom. The van der Waals surface area contributed by atoms with Gasteiger partial charge in [-0.05, 0) is 30.0 Å². The lowest BCUT2D eigenvalue weighted by Gasteiger charge is -2.15. The average molecular weight is 334 g/mol. The van der Waals surface area contributed by atoms with Crippen molar-refractivity contribution in [1.82, 2.24) is 14.6 Å². The zero-order valence-corrected chi connectivity index (χ0v) is 12.4. The Kier molecular flexibility index (Phi) is 3.16. The summed E-state index contributed by atoms with van der Waals surface area (Å²) in [6.07, 6.45) is -0.286. The fourth-order valence-electron chi connectivity index (χ4n) is 3.12. The van der Waals surface area contributed by atoms with E-state index in [1.165, 1.54) is 12.4 Å². The van der Waals surface area contributed by atoms with E-state index in [1.54, 1.807) is 12.1 Å². The SMILES string of the molecule is Oc1cccc2c1CCC2Nc1nccn2nc(C(F)(F)F)cc12. The summed E-state index contributed by atoms with van der Waals surface area (Å²) >= 11 is 0. The van der Waals surface area contributed by atoms with E-state index in [2.05, 4.69) is 15.4 Å². The van der Waals surface area contributed by atoms with Crippen LogP contribution in [-0.4, -0.2) is 19.7 Å². The molecule has 2 heterocycles. The highest BCUT2D eigenvalue weighted by Gasteiger charge is 2.34. The van der Waals surface area contributed by atoms with Crippen LogP contribution in [0, 0.1) is 0 Å². The molecule has 5 nitrogen and oxygen atoms in total. The van der Waals surface area contributed by atoms with Gasteiger partial charge in [0, 0.05) is 18.5 Å². The van der Waals surface area contributed by atoms with E-state index in [1.807, 2.05) is 6.07 Å². The molecule has 1 aliphatic carbocycles. The lowest BCUT2D eigenvalue weighted by atomic mass is 10.1. The Morgan fingerprint density at radius 3 is 2.92 bits per heavy atom. The van der Waals surface area contributed by atoms with Crippen molar-refractivity contribution in [3.63, 3.8) is 0 Å². The molecule has 1 atom stereocenters. The first-order valence-electron chi connectivity index (χ1n) is 7.42. The number of fused-ring (bicyclic) bond motifs is 2. The summed E-state index contributed by atoms with van der Waals surface area (Å²) < 4.78 is 39.7. The van der Waals surface area contributed by atoms with Crippen LogP contribution in [0.2, 0.25) is 0 Å². The molecule has 0 saturated carbocycles. The lowest BCUT2D eigenvalue weighted by molar-refractivity contribution is -0.141. The van der Waals surface area contributed by atoms with Crippen LogP contribution in [0.3, 0.4) is 0 Å². The summed E-state index contributed by atoms with van der Waals surface area (Å²) in [6.45, 7) is 0. The molecule has 4 rings (SSSR count). The summed E-state index contributed by atoms with van der Waals surface area (Å²) in [4.78, 5) is 4.16. The predicted molar refractivity (Wildman–Crippen MR) is 80.8 cm³/mol. The van der Waals surface area contributed by atoms with Crippen molar-refractivity contribution in [3.8, 4) is 5.75 Å². The number of phenols is 1. The first-order chi connectivity index (χ1) is 11.4. The highest BCUT2D eigenvalue weighted by Crippen LogP contribution is 2.38. The van der Waals surface area contributed by atoms with E-state index in [9.17, 15) is 18.3 Å². The molecule has 3 aromatic rings. The largest absolute Gasteiger partial charge is 0.508 e. The smallest absolute Gasteiger partial charge is 0.435 e. The third-order valence-corrected chi connectivity index (χ3v) is 4.24. The molecule has 1 aromatic carbocycles. The van der Waals surface area contributed by atoms with Crippen molar-refractivity contribution in [1.29, 1.82) is 0 Å². The third kappa shape index (κ3) is 2.34. The van der Waals surface area contributed by atoms with Gasteiger partial charge in [-0.15, -0.1) is 0 Å². The van der Waals surface area contributed by atoms with E-state index in [0.29, 0.717) is 12.2 Å². The van der Waals surface area contributed by atoms with E-state index in [0.717, 1.165) is 28.1 Å². The third-order valence-electron chi connectivity index (χ3n) is 4.24. The summed E-state index contributed by atoms with van der Waals surface area (Å²) in [5.41, 5.74) is 1.11. The molecular formula is C16H13F3N4O. The standard InChI is InChI=1S/C16H13F3N4O/c17-16(18,19)14-8-12-15(20-6-7-23(12)22-14)21-11-5-4-10-9(11)2-1-3-13(10)24/h1-3,6-8,11,24H,4-5H2,(H,20,21). The zero-order chi connectivity index (χ0) is 16.9. The van der Waals surface area contributed by atoms with E-state index >= 15 is 0 Å². The van der Waals surface area contributed by atoms with Crippen LogP contribution in [0.4, 0.5) is 19.0 Å². The molecule has 0 saturated heterocycles. The van der Waals surface area contributed by atoms with Gasteiger partial charge in [0.25, 0.3) is 0 Å². The zero-order valence-electron chi connectivity index (χ0n) is 12.4. The molecule has 2 aromatic heterocycles. The van der Waals surface area contributed by atoms with Crippen LogP contribution >= 0.6 is 0 Å². The molecule has 0 bridgehead atoms. The maximum atomic E-state index is 12.9. The predicted octanol–water partition coefficient (Wildman–Crippen LogP) is 3.55. The number of benzene rings is 1. The van der Waals surface area contributed by atoms with Crippen LogP contribution in [0.25, 0.3) is 5.52 Å². The van der Waals surface area contributed by atoms with Crippen molar-refractivity contribution < 1.29 is 18.3 Å². The maximum Gasteiger partial charge on any atom is 0.435 e. The number of nitrogens with zero attached hydrogens (tertiary/aromatic N) is 3. The molecule has 0 radical (unpaired) electrons. The number of aromatic hydroxyl groups is 1. The number of rotatable bonds is 2. The minimum absolute atomic E-state index is 0.116. The van der Waals surface area contributed by atoms with Gasteiger partial charge in [-0.25, -0.2) is 9.50 Å². The van der Waals surface area contributed by atoms with Crippen LogP contribution in [0.1, 0.15) is 29.3 Å². The Labute approximate surface area is 134 Å². The topological polar surface area (TPSA) is 62.5 Å². The molecule has 24 heavy (non-hydrogen) atoms. The molecule has 124 valence electrons. The Balaban J connectivity index is 1.72. The fourth-order valence-corrected chi connectivity index (χ4v) is 3.12. The van der Waals surface area contributed by atoms with E-state index in [4.69, 9.17) is 0 Å². The van der Waals surface area contributed by atoms with Crippen molar-refractivity contribution in [2.45, 2.75) is 25.1 Å². The van der Waals surface area contributed by atoms with Crippen molar-refractivity contribution >= 4 is 11.3 Å². The number of hydrogen-bond acceptors (Lipinski definition) is 4. The Bertz CT molecular complexity index is 919. The molecule has 8 heteroatoms. The molecule has 0 fully saturated rings. The molecular weight excluding hydrogens is 321 g/mol. The average Bonchev–Trinajstić information content (AvgIpc) is 3.13. The van der Waals surface area contributed by atoms with Gasteiger partial charge in [0.05, 0.1) is 6.04 Å². The summed E-state index contributed by atoms with van der Waals surface area (Å²) in [7, 11) is 0. The van der Waals surface area contributed by atoms with Gasteiger partial charge in [0.1, 0.15) is 11.3 Å². The Hall–Kier alpha value is -2.77. The lowest BCUT2D eigenvalue weighted by Crippen LogP contribution is -2.09. The van der Waals surface area contributed by atoms with Gasteiger partial charge in [-0.1, -0.05) is 12.1 Å². The second kappa shape index (κ2) is 5.12. The summed E-state index contributed by atoms with van der Waals surface area (Å²) in [5, 5.41) is 16.6. The number of anilines is 1. The minimum Gasteiger partial charge on any atom is -0.508 e. The van der Waals surface area contributed by atoms with Gasteiger partial charge in [0.2, 0.25) is 0 Å². The normalized spacial score (nSPS) is 17.2. The highest BCUT2D eigenvalue weighted by molar-refractivity contribution is 5.69. The number of nitrogens with one attached hydrogen (secondary N) is 1. The van der Waals surface area contributed by atoms with Crippen LogP contribution in [0.5, 0.6) is 5.75 Å². The molecule has 0 amide bonds. The molecule has 2 N–H and O–H groups in total. The van der Waals surface area contributed by atoms with Crippen LogP contribution < -0.4 is 5.32 Å². The summed E-state index contributed by atoms with van der Waals surface area (Å²) in [5.74, 6) is 0.577. The first kappa shape index (κ1) is 14.8. The molecule has 1 aliphatic rings. The van der Waals surface area contributed by atoms with Crippen LogP contribution in [-0.2, 0) is 12.6 Å².